The summed E-state index contributed by atoms with van der Waals surface area (Å²) in [6, 6.07) is 5.19. The quantitative estimate of drug-likeness (QED) is 0.309. The van der Waals surface area contributed by atoms with Crippen LogP contribution >= 0.6 is 24.8 Å². The Morgan fingerprint density at radius 2 is 1.86 bits per heavy atom. The number of piperidine rings is 1. The highest BCUT2D eigenvalue weighted by Crippen LogP contribution is 2.38. The third kappa shape index (κ3) is 6.41. The van der Waals surface area contributed by atoms with Crippen molar-refractivity contribution in [3.05, 3.63) is 53.1 Å². The first-order valence-electron chi connectivity index (χ1n) is 13.9. The molecular formula is C28H32Cl2F3N9O2. The molecule has 0 radical (unpaired) electrons. The smallest absolute Gasteiger partial charge is 0.417 e. The number of hydrogen-bond donors (Lipinski definition) is 1. The van der Waals surface area contributed by atoms with Crippen molar-refractivity contribution in [2.75, 3.05) is 44.3 Å². The minimum Gasteiger partial charge on any atom is -0.484 e. The van der Waals surface area contributed by atoms with Gasteiger partial charge in [-0.15, -0.1) is 29.9 Å². The number of fused-ring (bicyclic) bond motifs is 1. The summed E-state index contributed by atoms with van der Waals surface area (Å²) < 4.78 is 56.5. The van der Waals surface area contributed by atoms with Crippen molar-refractivity contribution in [2.24, 2.45) is 0 Å². The molecule has 0 bridgehead atoms. The molecule has 2 saturated heterocycles. The number of ether oxygens (including phenoxy) is 2. The Bertz CT molecular complexity index is 1640. The largest absolute Gasteiger partial charge is 0.484 e. The summed E-state index contributed by atoms with van der Waals surface area (Å²) >= 11 is 0. The number of pyridine rings is 2. The van der Waals surface area contributed by atoms with Crippen LogP contribution in [0.1, 0.15) is 54.3 Å². The predicted octanol–water partition coefficient (Wildman–Crippen LogP) is 4.93. The topological polar surface area (TPSA) is 118 Å². The normalized spacial score (nSPS) is 16.6. The zero-order chi connectivity index (χ0) is 29.4. The van der Waals surface area contributed by atoms with E-state index in [0.717, 1.165) is 43.9 Å². The monoisotopic (exact) mass is 653 g/mol. The third-order valence-electron chi connectivity index (χ3n) is 7.83. The van der Waals surface area contributed by atoms with Crippen molar-refractivity contribution in [3.63, 3.8) is 0 Å². The Labute approximate surface area is 264 Å². The van der Waals surface area contributed by atoms with Gasteiger partial charge in [0.05, 0.1) is 36.7 Å². The summed E-state index contributed by atoms with van der Waals surface area (Å²) in [4.78, 5) is 6.11. The van der Waals surface area contributed by atoms with E-state index >= 15 is 0 Å². The lowest BCUT2D eigenvalue weighted by Gasteiger charge is -2.31. The van der Waals surface area contributed by atoms with E-state index in [1.165, 1.54) is 10.7 Å². The van der Waals surface area contributed by atoms with Crippen molar-refractivity contribution in [1.29, 1.82) is 5.26 Å². The Hall–Kier alpha value is -3.64. The summed E-state index contributed by atoms with van der Waals surface area (Å²) in [6.07, 6.45) is 0.479. The Morgan fingerprint density at radius 1 is 1.14 bits per heavy atom. The molecule has 0 saturated carbocycles. The molecule has 16 heteroatoms. The maximum absolute atomic E-state index is 13.7. The fraction of sp³-hybridized carbons (Fsp3) is 0.464. The number of nitrogens with zero attached hydrogens (tertiary/aromatic N) is 8. The first-order chi connectivity index (χ1) is 20.2. The number of nitriles is 1. The van der Waals surface area contributed by atoms with Crippen LogP contribution in [0.3, 0.4) is 0 Å². The third-order valence-corrected chi connectivity index (χ3v) is 7.83. The van der Waals surface area contributed by atoms with Crippen LogP contribution in [-0.4, -0.2) is 69.0 Å². The lowest BCUT2D eigenvalue weighted by molar-refractivity contribution is -0.137. The van der Waals surface area contributed by atoms with E-state index in [0.29, 0.717) is 48.9 Å². The van der Waals surface area contributed by atoms with Crippen LogP contribution < -0.4 is 15.0 Å². The van der Waals surface area contributed by atoms with Gasteiger partial charge >= 0.3 is 6.18 Å². The number of rotatable bonds is 6. The molecule has 2 aliphatic rings. The van der Waals surface area contributed by atoms with E-state index in [-0.39, 0.29) is 47.7 Å². The lowest BCUT2D eigenvalue weighted by Crippen LogP contribution is -2.37. The van der Waals surface area contributed by atoms with Gasteiger partial charge in [0.25, 0.3) is 0 Å². The van der Waals surface area contributed by atoms with Crippen LogP contribution in [0.2, 0.25) is 0 Å². The van der Waals surface area contributed by atoms with Gasteiger partial charge < -0.3 is 19.7 Å². The lowest BCUT2D eigenvalue weighted by atomic mass is 10.1. The second kappa shape index (κ2) is 13.6. The first-order valence-corrected chi connectivity index (χ1v) is 13.9. The fourth-order valence-corrected chi connectivity index (χ4v) is 5.61. The van der Waals surface area contributed by atoms with Gasteiger partial charge in [-0.2, -0.15) is 23.5 Å². The van der Waals surface area contributed by atoms with Crippen LogP contribution in [0.4, 0.5) is 19.0 Å². The molecule has 0 aromatic carbocycles. The van der Waals surface area contributed by atoms with E-state index in [1.807, 2.05) is 16.5 Å². The van der Waals surface area contributed by atoms with Crippen molar-refractivity contribution < 1.29 is 22.6 Å². The second-order valence-corrected chi connectivity index (χ2v) is 10.5. The molecular weight excluding hydrogens is 622 g/mol. The van der Waals surface area contributed by atoms with Crippen molar-refractivity contribution in [1.82, 2.24) is 34.9 Å². The second-order valence-electron chi connectivity index (χ2n) is 10.5. The van der Waals surface area contributed by atoms with Crippen molar-refractivity contribution in [3.8, 4) is 23.1 Å². The highest BCUT2D eigenvalue weighted by molar-refractivity contribution is 5.85. The van der Waals surface area contributed by atoms with Crippen LogP contribution in [0, 0.1) is 18.3 Å². The highest BCUT2D eigenvalue weighted by atomic mass is 35.5. The standard InChI is InChI=1S/C28H30F3N9O2.2ClH/c1-17-25(36-37-40(17)22-3-5-33-6-4-22)19-11-24(26-20(13-32)14-35-39(26)16-19)42-18(2)23-12-21(28(29,30)31)15-34-27(23)38-7-9-41-10-8-38;;/h11-12,14-16,18,22,33H,3-10H2,1-2H3;2*1H. The maximum atomic E-state index is 13.7. The summed E-state index contributed by atoms with van der Waals surface area (Å²) in [7, 11) is 0. The number of alkyl halides is 3. The molecule has 236 valence electrons. The van der Waals surface area contributed by atoms with Crippen molar-refractivity contribution >= 4 is 36.1 Å². The molecule has 6 heterocycles. The molecule has 1 atom stereocenters. The van der Waals surface area contributed by atoms with Crippen LogP contribution in [-0.2, 0) is 10.9 Å². The van der Waals surface area contributed by atoms with Gasteiger partial charge in [0, 0.05) is 36.6 Å². The van der Waals surface area contributed by atoms with Gasteiger partial charge in [0.15, 0.2) is 0 Å². The molecule has 6 rings (SSSR count). The van der Waals surface area contributed by atoms with Gasteiger partial charge in [-0.25, -0.2) is 14.2 Å². The number of halogens is 5. The zero-order valence-corrected chi connectivity index (χ0v) is 25.7. The van der Waals surface area contributed by atoms with Gasteiger partial charge in [0.1, 0.15) is 40.5 Å². The summed E-state index contributed by atoms with van der Waals surface area (Å²) in [6.45, 7) is 7.31. The van der Waals surface area contributed by atoms with Gasteiger partial charge in [0.2, 0.25) is 0 Å². The molecule has 0 amide bonds. The summed E-state index contributed by atoms with van der Waals surface area (Å²) in [5, 5.41) is 26.4. The Balaban J connectivity index is 0.00000221. The summed E-state index contributed by atoms with van der Waals surface area (Å²) in [5.74, 6) is 0.691. The number of morpholine rings is 1. The maximum Gasteiger partial charge on any atom is 0.417 e. The number of aromatic nitrogens is 6. The molecule has 1 unspecified atom stereocenters. The minimum atomic E-state index is -4.57. The molecule has 2 aliphatic heterocycles. The fourth-order valence-electron chi connectivity index (χ4n) is 5.61. The molecule has 44 heavy (non-hydrogen) atoms. The van der Waals surface area contributed by atoms with Crippen LogP contribution in [0.15, 0.2) is 30.7 Å². The molecule has 4 aromatic heterocycles. The molecule has 11 nitrogen and oxygen atoms in total. The van der Waals surface area contributed by atoms with Crippen molar-refractivity contribution in [2.45, 2.75) is 45.0 Å². The number of nitrogens with one attached hydrogen (secondary N) is 1. The van der Waals surface area contributed by atoms with E-state index in [4.69, 9.17) is 9.47 Å². The minimum absolute atomic E-state index is 0. The predicted molar refractivity (Wildman–Crippen MR) is 161 cm³/mol. The van der Waals surface area contributed by atoms with Crippen LogP contribution in [0.25, 0.3) is 16.8 Å². The Kier molecular flexibility index (Phi) is 10.2. The van der Waals surface area contributed by atoms with E-state index in [9.17, 15) is 18.4 Å². The number of anilines is 1. The molecule has 0 spiro atoms. The SMILES string of the molecule is Cc1c(-c2cc(OC(C)c3cc(C(F)(F)F)cnc3N3CCOCC3)c3c(C#N)cnn3c2)nnn1C1CCNCC1.Cl.Cl. The zero-order valence-electron chi connectivity index (χ0n) is 24.0. The molecule has 1 N–H and O–H groups in total. The van der Waals surface area contributed by atoms with Crippen LogP contribution in [0.5, 0.6) is 5.75 Å². The molecule has 4 aromatic rings. The average Bonchev–Trinajstić information content (AvgIpc) is 3.60. The number of hydrogen-bond acceptors (Lipinski definition) is 9. The van der Waals surface area contributed by atoms with Gasteiger partial charge in [-0.05, 0) is 51.9 Å². The van der Waals surface area contributed by atoms with E-state index in [1.54, 1.807) is 19.2 Å². The first kappa shape index (κ1) is 33.3. The van der Waals surface area contributed by atoms with E-state index in [2.05, 4.69) is 31.8 Å². The Morgan fingerprint density at radius 3 is 2.55 bits per heavy atom. The molecule has 2 fully saturated rings. The average molecular weight is 655 g/mol. The highest BCUT2D eigenvalue weighted by Gasteiger charge is 2.34. The van der Waals surface area contributed by atoms with E-state index < -0.39 is 17.8 Å². The van der Waals surface area contributed by atoms with Gasteiger partial charge in [-0.3, -0.25) is 0 Å². The molecule has 0 aliphatic carbocycles. The summed E-state index contributed by atoms with van der Waals surface area (Å²) in [5.41, 5.74) is 2.27. The van der Waals surface area contributed by atoms with Gasteiger partial charge in [-0.1, -0.05) is 5.21 Å².